The zero-order valence-electron chi connectivity index (χ0n) is 10.7. The van der Waals surface area contributed by atoms with E-state index in [1.165, 1.54) is 0 Å². The van der Waals surface area contributed by atoms with Crippen molar-refractivity contribution in [1.29, 1.82) is 0 Å². The first-order valence-corrected chi connectivity index (χ1v) is 6.82. The summed E-state index contributed by atoms with van der Waals surface area (Å²) in [5.41, 5.74) is 5.89. The number of nitrogens with two attached hydrogens (primary N) is 1. The van der Waals surface area contributed by atoms with Gasteiger partial charge < -0.3 is 10.6 Å². The van der Waals surface area contributed by atoms with Crippen LogP contribution in [0.1, 0.15) is 39.0 Å². The fourth-order valence-corrected chi connectivity index (χ4v) is 3.25. The highest BCUT2D eigenvalue weighted by Gasteiger charge is 2.37. The van der Waals surface area contributed by atoms with Gasteiger partial charge in [-0.2, -0.15) is 0 Å². The molecule has 2 fully saturated rings. The lowest BCUT2D eigenvalue weighted by molar-refractivity contribution is -0.0562. The molecule has 100 valence electrons. The van der Waals surface area contributed by atoms with Crippen molar-refractivity contribution < 1.29 is 8.78 Å². The number of hydrogen-bond donors (Lipinski definition) is 1. The molecule has 3 unspecified atom stereocenters. The minimum Gasteiger partial charge on any atom is -0.328 e. The first-order valence-electron chi connectivity index (χ1n) is 6.82. The molecular formula is C13H24F2N2. The van der Waals surface area contributed by atoms with Gasteiger partial charge in [0.2, 0.25) is 5.92 Å². The summed E-state index contributed by atoms with van der Waals surface area (Å²) in [7, 11) is 0. The van der Waals surface area contributed by atoms with Crippen molar-refractivity contribution in [3.05, 3.63) is 0 Å². The Balaban J connectivity index is 1.78. The topological polar surface area (TPSA) is 29.3 Å². The van der Waals surface area contributed by atoms with Crippen LogP contribution in [-0.4, -0.2) is 36.5 Å². The van der Waals surface area contributed by atoms with E-state index in [0.717, 1.165) is 32.5 Å². The number of nitrogens with zero attached hydrogens (tertiary/aromatic N) is 1. The third kappa shape index (κ3) is 3.62. The van der Waals surface area contributed by atoms with Crippen LogP contribution in [0.15, 0.2) is 0 Å². The fourth-order valence-electron chi connectivity index (χ4n) is 3.25. The lowest BCUT2D eigenvalue weighted by Crippen LogP contribution is -2.35. The summed E-state index contributed by atoms with van der Waals surface area (Å²) in [5.74, 6) is -1.67. The largest absolute Gasteiger partial charge is 0.328 e. The van der Waals surface area contributed by atoms with Crippen molar-refractivity contribution in [2.24, 2.45) is 17.6 Å². The average molecular weight is 246 g/mol. The zero-order chi connectivity index (χ0) is 12.5. The molecule has 2 aliphatic rings. The normalized spacial score (nSPS) is 36.0. The molecule has 0 bridgehead atoms. The SMILES string of the molecule is CC(N)C1CCN(CC2CCCC(F)(F)C2)C1. The van der Waals surface area contributed by atoms with E-state index in [4.69, 9.17) is 5.73 Å². The van der Waals surface area contributed by atoms with E-state index in [-0.39, 0.29) is 24.8 Å². The highest BCUT2D eigenvalue weighted by Crippen LogP contribution is 2.37. The summed E-state index contributed by atoms with van der Waals surface area (Å²) in [5, 5.41) is 0. The predicted molar refractivity (Wildman–Crippen MR) is 65.1 cm³/mol. The molecule has 1 saturated heterocycles. The Hall–Kier alpha value is -0.220. The van der Waals surface area contributed by atoms with Crippen LogP contribution in [-0.2, 0) is 0 Å². The maximum absolute atomic E-state index is 13.3. The standard InChI is InChI=1S/C13H24F2N2/c1-10(16)12-4-6-17(9-12)8-11-3-2-5-13(14,15)7-11/h10-12H,2-9,16H2,1H3. The lowest BCUT2D eigenvalue weighted by Gasteiger charge is -2.31. The molecule has 1 aliphatic heterocycles. The molecule has 0 aromatic rings. The van der Waals surface area contributed by atoms with Crippen molar-refractivity contribution in [2.45, 2.75) is 51.0 Å². The summed E-state index contributed by atoms with van der Waals surface area (Å²) < 4.78 is 26.6. The summed E-state index contributed by atoms with van der Waals surface area (Å²) in [6.45, 7) is 4.93. The van der Waals surface area contributed by atoms with Gasteiger partial charge in [0.25, 0.3) is 0 Å². The van der Waals surface area contributed by atoms with Crippen molar-refractivity contribution in [2.75, 3.05) is 19.6 Å². The van der Waals surface area contributed by atoms with Crippen LogP contribution in [0.25, 0.3) is 0 Å². The van der Waals surface area contributed by atoms with E-state index in [1.54, 1.807) is 0 Å². The van der Waals surface area contributed by atoms with Gasteiger partial charge in [-0.05, 0) is 44.6 Å². The molecular weight excluding hydrogens is 222 g/mol. The van der Waals surface area contributed by atoms with E-state index in [9.17, 15) is 8.78 Å². The maximum atomic E-state index is 13.3. The highest BCUT2D eigenvalue weighted by atomic mass is 19.3. The average Bonchev–Trinajstić information content (AvgIpc) is 2.64. The molecule has 1 saturated carbocycles. The predicted octanol–water partition coefficient (Wildman–Crippen LogP) is 2.48. The molecule has 3 atom stereocenters. The van der Waals surface area contributed by atoms with Crippen molar-refractivity contribution in [3.8, 4) is 0 Å². The Bertz CT molecular complexity index is 256. The van der Waals surface area contributed by atoms with E-state index < -0.39 is 5.92 Å². The van der Waals surface area contributed by atoms with E-state index >= 15 is 0 Å². The van der Waals surface area contributed by atoms with Crippen LogP contribution in [0.5, 0.6) is 0 Å². The second kappa shape index (κ2) is 5.19. The maximum Gasteiger partial charge on any atom is 0.248 e. The van der Waals surface area contributed by atoms with Gasteiger partial charge in [-0.3, -0.25) is 0 Å². The molecule has 0 aromatic heterocycles. The Morgan fingerprint density at radius 2 is 2.18 bits per heavy atom. The van der Waals surface area contributed by atoms with Crippen LogP contribution in [0.3, 0.4) is 0 Å². The molecule has 2 rings (SSSR count). The third-order valence-electron chi connectivity index (χ3n) is 4.31. The first-order chi connectivity index (χ1) is 7.96. The number of hydrogen-bond acceptors (Lipinski definition) is 2. The molecule has 0 amide bonds. The quantitative estimate of drug-likeness (QED) is 0.829. The van der Waals surface area contributed by atoms with Gasteiger partial charge in [0.05, 0.1) is 0 Å². The van der Waals surface area contributed by atoms with Gasteiger partial charge in [-0.1, -0.05) is 0 Å². The van der Waals surface area contributed by atoms with Gasteiger partial charge in [0.15, 0.2) is 0 Å². The number of likely N-dealkylation sites (tertiary alicyclic amines) is 1. The fraction of sp³-hybridized carbons (Fsp3) is 1.00. The molecule has 4 heteroatoms. The number of rotatable bonds is 3. The van der Waals surface area contributed by atoms with Gasteiger partial charge in [0, 0.05) is 32.0 Å². The third-order valence-corrected chi connectivity index (χ3v) is 4.31. The van der Waals surface area contributed by atoms with Crippen LogP contribution in [0.4, 0.5) is 8.78 Å². The Labute approximate surface area is 103 Å². The van der Waals surface area contributed by atoms with E-state index in [0.29, 0.717) is 12.3 Å². The smallest absolute Gasteiger partial charge is 0.248 e. The van der Waals surface area contributed by atoms with Crippen molar-refractivity contribution in [1.82, 2.24) is 4.90 Å². The minimum atomic E-state index is -2.41. The summed E-state index contributed by atoms with van der Waals surface area (Å²) in [6.07, 6.45) is 2.95. The monoisotopic (exact) mass is 246 g/mol. The molecule has 2 N–H and O–H groups in total. The van der Waals surface area contributed by atoms with Crippen molar-refractivity contribution >= 4 is 0 Å². The summed E-state index contributed by atoms with van der Waals surface area (Å²) >= 11 is 0. The number of alkyl halides is 2. The molecule has 0 spiro atoms. The molecule has 0 aromatic carbocycles. The minimum absolute atomic E-state index is 0.0892. The second-order valence-electron chi connectivity index (χ2n) is 5.99. The van der Waals surface area contributed by atoms with Crippen LogP contribution in [0, 0.1) is 11.8 Å². The second-order valence-corrected chi connectivity index (χ2v) is 5.99. The lowest BCUT2D eigenvalue weighted by atomic mass is 9.86. The van der Waals surface area contributed by atoms with Crippen molar-refractivity contribution in [3.63, 3.8) is 0 Å². The Morgan fingerprint density at radius 1 is 1.41 bits per heavy atom. The zero-order valence-corrected chi connectivity index (χ0v) is 10.7. The molecule has 17 heavy (non-hydrogen) atoms. The Morgan fingerprint density at radius 3 is 2.76 bits per heavy atom. The van der Waals surface area contributed by atoms with Gasteiger partial charge in [0.1, 0.15) is 0 Å². The van der Waals surface area contributed by atoms with Crippen LogP contribution in [0.2, 0.25) is 0 Å². The highest BCUT2D eigenvalue weighted by molar-refractivity contribution is 4.85. The first kappa shape index (κ1) is 13.2. The van der Waals surface area contributed by atoms with E-state index in [1.807, 2.05) is 6.92 Å². The molecule has 1 heterocycles. The van der Waals surface area contributed by atoms with Gasteiger partial charge >= 0.3 is 0 Å². The molecule has 1 aliphatic carbocycles. The van der Waals surface area contributed by atoms with Gasteiger partial charge in [-0.25, -0.2) is 8.78 Å². The summed E-state index contributed by atoms with van der Waals surface area (Å²) in [6, 6.07) is 0.229. The summed E-state index contributed by atoms with van der Waals surface area (Å²) in [4.78, 5) is 2.33. The van der Waals surface area contributed by atoms with Gasteiger partial charge in [-0.15, -0.1) is 0 Å². The van der Waals surface area contributed by atoms with Crippen LogP contribution < -0.4 is 5.73 Å². The molecule has 2 nitrogen and oxygen atoms in total. The van der Waals surface area contributed by atoms with Crippen LogP contribution >= 0.6 is 0 Å². The molecule has 0 radical (unpaired) electrons. The Kier molecular flexibility index (Phi) is 4.03. The number of halogens is 2. The van der Waals surface area contributed by atoms with E-state index in [2.05, 4.69) is 4.90 Å².